The van der Waals surface area contributed by atoms with E-state index in [0.717, 1.165) is 31.1 Å². The predicted molar refractivity (Wildman–Crippen MR) is 76.7 cm³/mol. The predicted octanol–water partition coefficient (Wildman–Crippen LogP) is -0.0569. The molecule has 0 radical (unpaired) electrons. The molecule has 3 heterocycles. The van der Waals surface area contributed by atoms with Crippen molar-refractivity contribution >= 4 is 23.7 Å². The van der Waals surface area contributed by atoms with Gasteiger partial charge < -0.3 is 14.2 Å². The quantitative estimate of drug-likeness (QED) is 0.838. The summed E-state index contributed by atoms with van der Waals surface area (Å²) >= 11 is 1.77. The van der Waals surface area contributed by atoms with E-state index in [1.54, 1.807) is 11.8 Å². The zero-order chi connectivity index (χ0) is 13.9. The van der Waals surface area contributed by atoms with Crippen LogP contribution in [0.5, 0.6) is 0 Å². The van der Waals surface area contributed by atoms with Crippen LogP contribution >= 0.6 is 11.8 Å². The second-order valence-corrected chi connectivity index (χ2v) is 5.95. The Morgan fingerprint density at radius 1 is 1.40 bits per heavy atom. The van der Waals surface area contributed by atoms with Gasteiger partial charge in [-0.05, 0) is 0 Å². The van der Waals surface area contributed by atoms with Gasteiger partial charge in [-0.3, -0.25) is 10.1 Å². The Morgan fingerprint density at radius 2 is 2.20 bits per heavy atom. The number of hydrogen-bond acceptors (Lipinski definition) is 7. The zero-order valence-corrected chi connectivity index (χ0v) is 12.4. The molecule has 110 valence electrons. The maximum absolute atomic E-state index is 12.3. The van der Waals surface area contributed by atoms with Crippen molar-refractivity contribution in [2.24, 2.45) is 0 Å². The number of anilines is 1. The molecule has 0 aromatic carbocycles. The van der Waals surface area contributed by atoms with Crippen molar-refractivity contribution in [3.8, 4) is 0 Å². The van der Waals surface area contributed by atoms with Gasteiger partial charge in [-0.15, -0.1) is 16.9 Å². The number of hydrogen-bond donors (Lipinski definition) is 1. The number of carbonyl (C=O) groups excluding carboxylic acids is 1. The van der Waals surface area contributed by atoms with E-state index < -0.39 is 0 Å². The van der Waals surface area contributed by atoms with Gasteiger partial charge in [-0.1, -0.05) is 12.0 Å². The number of nitrogens with zero attached hydrogens (tertiary/aromatic N) is 4. The topological polar surface area (TPSA) is 74.5 Å². The highest BCUT2D eigenvalue weighted by Crippen LogP contribution is 2.17. The maximum atomic E-state index is 12.3. The molecule has 1 aromatic rings. The normalized spacial score (nSPS) is 23.4. The molecule has 3 rings (SSSR count). The molecule has 20 heavy (non-hydrogen) atoms. The van der Waals surface area contributed by atoms with Gasteiger partial charge in [0, 0.05) is 44.2 Å². The molecule has 1 amide bonds. The van der Waals surface area contributed by atoms with Crippen LogP contribution in [0.4, 0.5) is 6.01 Å². The van der Waals surface area contributed by atoms with Crippen LogP contribution in [0.25, 0.3) is 0 Å². The summed E-state index contributed by atoms with van der Waals surface area (Å²) in [5.74, 6) is 2.63. The largest absolute Gasteiger partial charge is 0.408 e. The molecular weight excluding hydrogens is 278 g/mol. The Bertz CT molecular complexity index is 466. The highest BCUT2D eigenvalue weighted by molar-refractivity contribution is 7.99. The molecule has 8 heteroatoms. The van der Waals surface area contributed by atoms with Crippen LogP contribution in [0.3, 0.4) is 0 Å². The molecule has 2 aliphatic heterocycles. The summed E-state index contributed by atoms with van der Waals surface area (Å²) in [4.78, 5) is 16.3. The molecule has 2 fully saturated rings. The average Bonchev–Trinajstić information content (AvgIpc) is 3.18. The zero-order valence-electron chi connectivity index (χ0n) is 11.5. The first-order valence-electron chi connectivity index (χ1n) is 6.95. The summed E-state index contributed by atoms with van der Waals surface area (Å²) in [6, 6.07) is 0.560. The van der Waals surface area contributed by atoms with Gasteiger partial charge in [0.1, 0.15) is 0 Å². The molecule has 7 nitrogen and oxygen atoms in total. The molecule has 2 aliphatic rings. The fraction of sp³-hybridized carbons (Fsp3) is 0.750. The smallest absolute Gasteiger partial charge is 0.318 e. The van der Waals surface area contributed by atoms with Crippen molar-refractivity contribution in [2.75, 3.05) is 42.7 Å². The molecule has 0 bridgehead atoms. The van der Waals surface area contributed by atoms with E-state index in [-0.39, 0.29) is 11.9 Å². The third kappa shape index (κ3) is 2.76. The third-order valence-electron chi connectivity index (χ3n) is 3.63. The lowest BCUT2D eigenvalue weighted by molar-refractivity contribution is -0.132. The molecule has 0 saturated carbocycles. The highest BCUT2D eigenvalue weighted by Gasteiger charge is 2.30. The molecule has 1 N–H and O–H groups in total. The fourth-order valence-electron chi connectivity index (χ4n) is 2.41. The van der Waals surface area contributed by atoms with Crippen LogP contribution in [-0.4, -0.2) is 64.9 Å². The Hall–Kier alpha value is -1.28. The molecule has 0 aliphatic carbocycles. The minimum absolute atomic E-state index is 0.0124. The lowest BCUT2D eigenvalue weighted by Crippen LogP contribution is -2.53. The van der Waals surface area contributed by atoms with Crippen molar-refractivity contribution in [3.05, 3.63) is 5.89 Å². The monoisotopic (exact) mass is 297 g/mol. The summed E-state index contributed by atoms with van der Waals surface area (Å²) in [5, 5.41) is 11.2. The molecule has 2 saturated heterocycles. The summed E-state index contributed by atoms with van der Waals surface area (Å²) in [6.45, 7) is 4.91. The second kappa shape index (κ2) is 6.01. The van der Waals surface area contributed by atoms with Crippen molar-refractivity contribution in [3.63, 3.8) is 0 Å². The number of thioether (sulfide) groups is 1. The van der Waals surface area contributed by atoms with Crippen LogP contribution in [0.1, 0.15) is 12.8 Å². The Morgan fingerprint density at radius 3 is 2.80 bits per heavy atom. The summed E-state index contributed by atoms with van der Waals surface area (Å²) in [5.41, 5.74) is 0. The Balaban J connectivity index is 1.55. The number of aromatic nitrogens is 2. The number of aryl methyl sites for hydroxylation is 1. The second-order valence-electron chi connectivity index (χ2n) is 4.92. The van der Waals surface area contributed by atoms with E-state index in [4.69, 9.17) is 4.42 Å². The third-order valence-corrected chi connectivity index (χ3v) is 4.57. The van der Waals surface area contributed by atoms with E-state index in [2.05, 4.69) is 15.5 Å². The lowest BCUT2D eigenvalue weighted by Gasteiger charge is -2.34. The molecule has 1 unspecified atom stereocenters. The van der Waals surface area contributed by atoms with Crippen LogP contribution in [-0.2, 0) is 11.2 Å². The molecule has 1 aromatic heterocycles. The molecule has 1 atom stereocenters. The van der Waals surface area contributed by atoms with Crippen LogP contribution in [0.2, 0.25) is 0 Å². The van der Waals surface area contributed by atoms with Crippen molar-refractivity contribution in [2.45, 2.75) is 19.4 Å². The van der Waals surface area contributed by atoms with Gasteiger partial charge in [0.15, 0.2) is 0 Å². The van der Waals surface area contributed by atoms with Crippen molar-refractivity contribution in [1.29, 1.82) is 0 Å². The minimum Gasteiger partial charge on any atom is -0.408 e. The maximum Gasteiger partial charge on any atom is 0.318 e. The lowest BCUT2D eigenvalue weighted by atomic mass is 10.2. The fourth-order valence-corrected chi connectivity index (χ4v) is 3.34. The van der Waals surface area contributed by atoms with Gasteiger partial charge in [-0.25, -0.2) is 0 Å². The van der Waals surface area contributed by atoms with E-state index in [1.807, 2.05) is 16.7 Å². The van der Waals surface area contributed by atoms with Crippen LogP contribution < -0.4 is 10.2 Å². The number of carbonyl (C=O) groups is 1. The summed E-state index contributed by atoms with van der Waals surface area (Å²) < 4.78 is 5.55. The van der Waals surface area contributed by atoms with E-state index in [0.29, 0.717) is 25.0 Å². The van der Waals surface area contributed by atoms with Crippen molar-refractivity contribution < 1.29 is 9.21 Å². The summed E-state index contributed by atoms with van der Waals surface area (Å²) in [7, 11) is 0. The van der Waals surface area contributed by atoms with Gasteiger partial charge in [0.2, 0.25) is 11.8 Å². The first-order valence-corrected chi connectivity index (χ1v) is 8.10. The Kier molecular flexibility index (Phi) is 4.11. The number of amides is 1. The van der Waals surface area contributed by atoms with Crippen molar-refractivity contribution in [1.82, 2.24) is 20.4 Å². The number of rotatable bonds is 3. The van der Waals surface area contributed by atoms with E-state index in [1.165, 1.54) is 0 Å². The molecule has 0 spiro atoms. The summed E-state index contributed by atoms with van der Waals surface area (Å²) in [6.07, 6.45) is 0.746. The first-order chi connectivity index (χ1) is 9.78. The van der Waals surface area contributed by atoms with Gasteiger partial charge in [-0.2, -0.15) is 0 Å². The van der Waals surface area contributed by atoms with Crippen LogP contribution in [0.15, 0.2) is 4.42 Å². The van der Waals surface area contributed by atoms with Gasteiger partial charge in [0.05, 0.1) is 6.04 Å². The molecular formula is C12H19N5O2S. The number of piperazine rings is 1. The van der Waals surface area contributed by atoms with E-state index in [9.17, 15) is 4.79 Å². The first kappa shape index (κ1) is 13.7. The highest BCUT2D eigenvalue weighted by atomic mass is 32.2. The Labute approximate surface area is 122 Å². The van der Waals surface area contributed by atoms with Gasteiger partial charge in [0.25, 0.3) is 0 Å². The SMILES string of the molecule is CCc1nnc(N2CCN(C(=O)C3CSCN3)CC2)o1. The average molecular weight is 297 g/mol. The standard InChI is InChI=1S/C12H19N5O2S/c1-2-10-14-15-12(19-10)17-5-3-16(4-6-17)11(18)9-7-20-8-13-9/h9,13H,2-8H2,1H3. The van der Waals surface area contributed by atoms with Crippen LogP contribution in [0, 0.1) is 0 Å². The minimum atomic E-state index is -0.0124. The number of nitrogens with one attached hydrogen (secondary N) is 1. The van der Waals surface area contributed by atoms with Gasteiger partial charge >= 0.3 is 6.01 Å². The van der Waals surface area contributed by atoms with E-state index >= 15 is 0 Å².